The molecule has 30 heavy (non-hydrogen) atoms. The predicted octanol–water partition coefficient (Wildman–Crippen LogP) is 4.14. The van der Waals surface area contributed by atoms with Gasteiger partial charge in [-0.3, -0.25) is 4.79 Å². The van der Waals surface area contributed by atoms with Gasteiger partial charge < -0.3 is 10.2 Å². The Morgan fingerprint density at radius 3 is 2.73 bits per heavy atom. The molecular weight excluding hydrogens is 405 g/mol. The van der Waals surface area contributed by atoms with E-state index in [0.717, 1.165) is 18.7 Å². The van der Waals surface area contributed by atoms with Gasteiger partial charge >= 0.3 is 0 Å². The second-order valence-electron chi connectivity index (χ2n) is 8.61. The van der Waals surface area contributed by atoms with Crippen LogP contribution in [-0.4, -0.2) is 50.6 Å². The van der Waals surface area contributed by atoms with E-state index >= 15 is 0 Å². The SMILES string of the molecule is CC(C)c1cc(-c2ccc(F)c(Cl)c2)nn2cc(C(=O)N3CCNCC3(C)C)nc12. The Balaban J connectivity index is 1.80. The van der Waals surface area contributed by atoms with Gasteiger partial charge in [0, 0.05) is 30.8 Å². The maximum Gasteiger partial charge on any atom is 0.274 e. The third kappa shape index (κ3) is 3.68. The summed E-state index contributed by atoms with van der Waals surface area (Å²) >= 11 is 5.97. The van der Waals surface area contributed by atoms with Crippen molar-refractivity contribution in [3.8, 4) is 11.3 Å². The number of halogens is 2. The van der Waals surface area contributed by atoms with Crippen LogP contribution in [0.1, 0.15) is 49.7 Å². The molecule has 8 heteroatoms. The van der Waals surface area contributed by atoms with Gasteiger partial charge in [-0.25, -0.2) is 13.9 Å². The Kier molecular flexibility index (Phi) is 5.28. The topological polar surface area (TPSA) is 62.5 Å². The van der Waals surface area contributed by atoms with Crippen molar-refractivity contribution in [1.29, 1.82) is 0 Å². The summed E-state index contributed by atoms with van der Waals surface area (Å²) < 4.78 is 15.2. The zero-order valence-electron chi connectivity index (χ0n) is 17.5. The van der Waals surface area contributed by atoms with Crippen molar-refractivity contribution in [2.45, 2.75) is 39.2 Å². The first kappa shape index (κ1) is 20.8. The van der Waals surface area contributed by atoms with Crippen LogP contribution in [0.4, 0.5) is 4.39 Å². The third-order valence-electron chi connectivity index (χ3n) is 5.56. The molecule has 0 atom stereocenters. The monoisotopic (exact) mass is 429 g/mol. The first-order valence-electron chi connectivity index (χ1n) is 10.1. The molecule has 4 rings (SSSR count). The summed E-state index contributed by atoms with van der Waals surface area (Å²) in [6.45, 7) is 10.3. The number of fused-ring (bicyclic) bond motifs is 1. The zero-order valence-corrected chi connectivity index (χ0v) is 18.3. The second kappa shape index (κ2) is 7.63. The van der Waals surface area contributed by atoms with E-state index in [1.165, 1.54) is 6.07 Å². The van der Waals surface area contributed by atoms with Crippen molar-refractivity contribution in [3.05, 3.63) is 52.6 Å². The molecule has 2 aromatic heterocycles. The van der Waals surface area contributed by atoms with E-state index < -0.39 is 5.82 Å². The van der Waals surface area contributed by atoms with E-state index in [-0.39, 0.29) is 22.4 Å². The number of nitrogens with one attached hydrogen (secondary N) is 1. The highest BCUT2D eigenvalue weighted by Gasteiger charge is 2.35. The van der Waals surface area contributed by atoms with E-state index in [4.69, 9.17) is 11.6 Å². The molecule has 1 aliphatic rings. The Morgan fingerprint density at radius 2 is 2.07 bits per heavy atom. The first-order valence-corrected chi connectivity index (χ1v) is 10.4. The summed E-state index contributed by atoms with van der Waals surface area (Å²) in [5, 5.41) is 8.00. The lowest BCUT2D eigenvalue weighted by molar-refractivity contribution is 0.0472. The molecule has 1 fully saturated rings. The maximum atomic E-state index is 13.6. The Bertz CT molecular complexity index is 1120. The van der Waals surface area contributed by atoms with Crippen LogP contribution >= 0.6 is 11.6 Å². The summed E-state index contributed by atoms with van der Waals surface area (Å²) in [6, 6.07) is 6.46. The van der Waals surface area contributed by atoms with Gasteiger partial charge in [-0.15, -0.1) is 0 Å². The van der Waals surface area contributed by atoms with Crippen molar-refractivity contribution in [1.82, 2.24) is 24.8 Å². The van der Waals surface area contributed by atoms with Crippen LogP contribution in [0, 0.1) is 5.82 Å². The molecule has 1 N–H and O–H groups in total. The molecular formula is C22H25ClFN5O. The highest BCUT2D eigenvalue weighted by Crippen LogP contribution is 2.29. The molecule has 0 unspecified atom stereocenters. The molecule has 1 aliphatic heterocycles. The van der Waals surface area contributed by atoms with Gasteiger partial charge in [0.05, 0.1) is 22.5 Å². The van der Waals surface area contributed by atoms with Crippen LogP contribution in [0.3, 0.4) is 0 Å². The minimum atomic E-state index is -0.472. The molecule has 0 spiro atoms. The highest BCUT2D eigenvalue weighted by molar-refractivity contribution is 6.31. The van der Waals surface area contributed by atoms with Crippen molar-refractivity contribution < 1.29 is 9.18 Å². The van der Waals surface area contributed by atoms with Gasteiger partial charge in [0.15, 0.2) is 5.65 Å². The number of hydrogen-bond donors (Lipinski definition) is 1. The lowest BCUT2D eigenvalue weighted by Crippen LogP contribution is -2.59. The number of rotatable bonds is 3. The quantitative estimate of drug-likeness (QED) is 0.679. The summed E-state index contributed by atoms with van der Waals surface area (Å²) in [5.41, 5.74) is 3.03. The number of imidazole rings is 1. The molecule has 6 nitrogen and oxygen atoms in total. The van der Waals surface area contributed by atoms with Crippen LogP contribution in [-0.2, 0) is 0 Å². The van der Waals surface area contributed by atoms with Crippen LogP contribution in [0.25, 0.3) is 16.9 Å². The number of hydrogen-bond acceptors (Lipinski definition) is 4. The minimum absolute atomic E-state index is 0.0444. The van der Waals surface area contributed by atoms with Gasteiger partial charge in [0.1, 0.15) is 11.5 Å². The Labute approximate surface area is 180 Å². The van der Waals surface area contributed by atoms with Crippen LogP contribution in [0.2, 0.25) is 5.02 Å². The van der Waals surface area contributed by atoms with E-state index in [1.807, 2.05) is 24.8 Å². The van der Waals surface area contributed by atoms with Gasteiger partial charge in [-0.05, 0) is 44.0 Å². The molecule has 1 aromatic carbocycles. The average Bonchev–Trinajstić information content (AvgIpc) is 3.12. The molecule has 3 heterocycles. The molecule has 0 saturated carbocycles. The fourth-order valence-corrected chi connectivity index (χ4v) is 4.00. The summed E-state index contributed by atoms with van der Waals surface area (Å²) in [4.78, 5) is 19.7. The summed E-state index contributed by atoms with van der Waals surface area (Å²) in [7, 11) is 0. The van der Waals surface area contributed by atoms with E-state index in [0.29, 0.717) is 29.1 Å². The van der Waals surface area contributed by atoms with Crippen LogP contribution < -0.4 is 5.32 Å². The second-order valence-corrected chi connectivity index (χ2v) is 9.02. The molecule has 3 aromatic rings. The van der Waals surface area contributed by atoms with Crippen molar-refractivity contribution >= 4 is 23.2 Å². The third-order valence-corrected chi connectivity index (χ3v) is 5.85. The lowest BCUT2D eigenvalue weighted by atomic mass is 10.00. The minimum Gasteiger partial charge on any atom is -0.330 e. The maximum absolute atomic E-state index is 13.6. The molecule has 0 radical (unpaired) electrons. The standard InChI is InChI=1S/C22H25ClFN5O/c1-13(2)15-10-18(14-5-6-17(24)16(23)9-14)27-29-11-19(26-20(15)29)21(30)28-8-7-25-12-22(28,3)4/h5-6,9-11,13,25H,7-8,12H2,1-4H3. The number of piperazine rings is 1. The predicted molar refractivity (Wildman–Crippen MR) is 115 cm³/mol. The molecule has 158 valence electrons. The van der Waals surface area contributed by atoms with Crippen molar-refractivity contribution in [2.24, 2.45) is 0 Å². The van der Waals surface area contributed by atoms with Crippen LogP contribution in [0.15, 0.2) is 30.5 Å². The highest BCUT2D eigenvalue weighted by atomic mass is 35.5. The number of nitrogens with zero attached hydrogens (tertiary/aromatic N) is 4. The Hall–Kier alpha value is -2.51. The van der Waals surface area contributed by atoms with Gasteiger partial charge in [-0.1, -0.05) is 25.4 Å². The van der Waals surface area contributed by atoms with E-state index in [2.05, 4.69) is 29.2 Å². The zero-order chi connectivity index (χ0) is 21.6. The largest absolute Gasteiger partial charge is 0.330 e. The molecule has 1 amide bonds. The number of amides is 1. The molecule has 1 saturated heterocycles. The average molecular weight is 430 g/mol. The van der Waals surface area contributed by atoms with Crippen molar-refractivity contribution in [3.63, 3.8) is 0 Å². The number of carbonyl (C=O) groups excluding carboxylic acids is 1. The first-order chi connectivity index (χ1) is 14.2. The Morgan fingerprint density at radius 1 is 1.30 bits per heavy atom. The fraction of sp³-hybridized carbons (Fsp3) is 0.409. The number of benzene rings is 1. The van der Waals surface area contributed by atoms with E-state index in [1.54, 1.807) is 22.8 Å². The van der Waals surface area contributed by atoms with Crippen LogP contribution in [0.5, 0.6) is 0 Å². The van der Waals surface area contributed by atoms with Gasteiger partial charge in [0.2, 0.25) is 0 Å². The number of carbonyl (C=O) groups is 1. The van der Waals surface area contributed by atoms with Crippen molar-refractivity contribution in [2.75, 3.05) is 19.6 Å². The molecule has 0 bridgehead atoms. The fourth-order valence-electron chi connectivity index (χ4n) is 3.82. The summed E-state index contributed by atoms with van der Waals surface area (Å²) in [6.07, 6.45) is 1.68. The van der Waals surface area contributed by atoms with Gasteiger partial charge in [-0.2, -0.15) is 5.10 Å². The van der Waals surface area contributed by atoms with E-state index in [9.17, 15) is 9.18 Å². The smallest absolute Gasteiger partial charge is 0.274 e. The normalized spacial score (nSPS) is 16.4. The molecule has 0 aliphatic carbocycles. The summed E-state index contributed by atoms with van der Waals surface area (Å²) in [5.74, 6) is -0.418. The lowest BCUT2D eigenvalue weighted by Gasteiger charge is -2.42. The number of aromatic nitrogens is 3. The van der Waals surface area contributed by atoms with Gasteiger partial charge in [0.25, 0.3) is 5.91 Å².